The summed E-state index contributed by atoms with van der Waals surface area (Å²) in [6.07, 6.45) is 3.74. The van der Waals surface area contributed by atoms with Crippen LogP contribution in [0.5, 0.6) is 0 Å². The van der Waals surface area contributed by atoms with Crippen molar-refractivity contribution in [2.75, 3.05) is 6.54 Å². The van der Waals surface area contributed by atoms with Crippen LogP contribution in [0.3, 0.4) is 0 Å². The van der Waals surface area contributed by atoms with E-state index >= 15 is 0 Å². The van der Waals surface area contributed by atoms with E-state index in [2.05, 4.69) is 0 Å². The highest BCUT2D eigenvalue weighted by Crippen LogP contribution is 2.35. The Morgan fingerprint density at radius 1 is 1.42 bits per heavy atom. The van der Waals surface area contributed by atoms with Crippen LogP contribution in [0.1, 0.15) is 31.1 Å². The quantitative estimate of drug-likeness (QED) is 0.608. The van der Waals surface area contributed by atoms with Crippen LogP contribution < -0.4 is 0 Å². The minimum Gasteiger partial charge on any atom is -0.480 e. The van der Waals surface area contributed by atoms with Crippen molar-refractivity contribution >= 4 is 63.5 Å². The summed E-state index contributed by atoms with van der Waals surface area (Å²) in [5, 5.41) is 11.3. The van der Waals surface area contributed by atoms with Gasteiger partial charge in [0.1, 0.15) is 16.4 Å². The number of amides is 2. The zero-order valence-corrected chi connectivity index (χ0v) is 16.5. The first kappa shape index (κ1) is 19.1. The van der Waals surface area contributed by atoms with Crippen LogP contribution in [0.15, 0.2) is 22.4 Å². The third-order valence-corrected chi connectivity index (χ3v) is 6.61. The van der Waals surface area contributed by atoms with E-state index < -0.39 is 18.1 Å². The normalized spacial score (nSPS) is 23.6. The monoisotopic (exact) mass is 410 g/mol. The molecule has 3 rings (SSSR count). The maximum atomic E-state index is 12.9. The number of piperidine rings is 1. The number of nitrogens with zero attached hydrogens (tertiary/aromatic N) is 2. The number of thiophene rings is 1. The van der Waals surface area contributed by atoms with E-state index in [-0.39, 0.29) is 11.8 Å². The number of hydrogen-bond donors (Lipinski definition) is 1. The Morgan fingerprint density at radius 2 is 2.19 bits per heavy atom. The highest BCUT2D eigenvalue weighted by atomic mass is 32.2. The van der Waals surface area contributed by atoms with Gasteiger partial charge in [-0.05, 0) is 43.7 Å². The van der Waals surface area contributed by atoms with Gasteiger partial charge in [-0.25, -0.2) is 4.79 Å². The van der Waals surface area contributed by atoms with Crippen molar-refractivity contribution in [3.05, 3.63) is 27.3 Å². The Labute approximate surface area is 164 Å². The van der Waals surface area contributed by atoms with Crippen LogP contribution in [0.4, 0.5) is 0 Å². The van der Waals surface area contributed by atoms with E-state index in [1.54, 1.807) is 13.0 Å². The molecule has 0 radical (unpaired) electrons. The van der Waals surface area contributed by atoms with Gasteiger partial charge in [0.2, 0.25) is 5.91 Å². The van der Waals surface area contributed by atoms with E-state index in [0.717, 1.165) is 17.7 Å². The largest absolute Gasteiger partial charge is 0.480 e. The van der Waals surface area contributed by atoms with E-state index in [0.29, 0.717) is 22.2 Å². The average Bonchev–Trinajstić information content (AvgIpc) is 3.22. The first-order valence-electron chi connectivity index (χ1n) is 8.24. The van der Waals surface area contributed by atoms with Crippen molar-refractivity contribution in [2.24, 2.45) is 0 Å². The second-order valence-electron chi connectivity index (χ2n) is 6.12. The van der Waals surface area contributed by atoms with E-state index in [4.69, 9.17) is 12.2 Å². The van der Waals surface area contributed by atoms with Gasteiger partial charge < -0.3 is 10.0 Å². The Bertz CT molecular complexity index is 775. The van der Waals surface area contributed by atoms with Crippen molar-refractivity contribution in [1.29, 1.82) is 0 Å². The number of carboxylic acids is 1. The summed E-state index contributed by atoms with van der Waals surface area (Å²) in [4.78, 5) is 41.2. The van der Waals surface area contributed by atoms with Crippen molar-refractivity contribution in [3.8, 4) is 0 Å². The molecule has 2 fully saturated rings. The molecule has 0 aliphatic carbocycles. The Hall–Kier alpha value is -1.71. The molecular formula is C17H18N2O4S3. The standard InChI is InChI=1S/C17H18N2O4S3/c1-10(14(20)18-7-3-2-6-12(18)16(22)23)19-15(21)13(26-17(19)24)9-11-5-4-8-25-11/h4-5,8-10,12H,2-3,6-7H2,1H3,(H,22,23). The second-order valence-corrected chi connectivity index (χ2v) is 8.78. The molecule has 2 amide bonds. The maximum Gasteiger partial charge on any atom is 0.326 e. The fourth-order valence-electron chi connectivity index (χ4n) is 3.12. The van der Waals surface area contributed by atoms with Crippen LogP contribution in [-0.4, -0.2) is 55.6 Å². The molecule has 6 nitrogen and oxygen atoms in total. The zero-order valence-electron chi connectivity index (χ0n) is 14.1. The molecule has 0 spiro atoms. The van der Waals surface area contributed by atoms with E-state index in [1.165, 1.54) is 32.9 Å². The molecule has 0 bridgehead atoms. The average molecular weight is 411 g/mol. The van der Waals surface area contributed by atoms with Crippen LogP contribution >= 0.6 is 35.3 Å². The highest BCUT2D eigenvalue weighted by Gasteiger charge is 2.42. The van der Waals surface area contributed by atoms with Gasteiger partial charge in [0.05, 0.1) is 4.91 Å². The molecule has 1 aromatic rings. The van der Waals surface area contributed by atoms with Crippen molar-refractivity contribution in [3.63, 3.8) is 0 Å². The smallest absolute Gasteiger partial charge is 0.326 e. The van der Waals surface area contributed by atoms with Gasteiger partial charge in [0, 0.05) is 11.4 Å². The molecule has 2 saturated heterocycles. The van der Waals surface area contributed by atoms with Crippen LogP contribution in [0.25, 0.3) is 6.08 Å². The Balaban J connectivity index is 1.79. The number of carboxylic acid groups (broad SMARTS) is 1. The number of aliphatic carboxylic acids is 1. The number of carbonyl (C=O) groups is 3. The van der Waals surface area contributed by atoms with Gasteiger partial charge in [-0.1, -0.05) is 30.0 Å². The van der Waals surface area contributed by atoms with Crippen LogP contribution in [0, 0.1) is 0 Å². The number of thioether (sulfide) groups is 1. The first-order chi connectivity index (χ1) is 12.4. The summed E-state index contributed by atoms with van der Waals surface area (Å²) in [6, 6.07) is 2.14. The molecule has 1 aromatic heterocycles. The van der Waals surface area contributed by atoms with Gasteiger partial charge >= 0.3 is 5.97 Å². The summed E-state index contributed by atoms with van der Waals surface area (Å²) < 4.78 is 0.322. The lowest BCUT2D eigenvalue weighted by atomic mass is 10.0. The Kier molecular flexibility index (Phi) is 5.79. The number of carbonyl (C=O) groups excluding carboxylic acids is 2. The number of hydrogen-bond acceptors (Lipinski definition) is 6. The molecule has 2 atom stereocenters. The number of thiocarbonyl (C=S) groups is 1. The molecule has 2 aliphatic rings. The molecule has 9 heteroatoms. The molecule has 2 unspecified atom stereocenters. The third-order valence-electron chi connectivity index (χ3n) is 4.46. The minimum absolute atomic E-state index is 0.307. The van der Waals surface area contributed by atoms with Crippen LogP contribution in [-0.2, 0) is 14.4 Å². The molecule has 26 heavy (non-hydrogen) atoms. The molecule has 138 valence electrons. The molecular weight excluding hydrogens is 392 g/mol. The molecule has 1 N–H and O–H groups in total. The third kappa shape index (κ3) is 3.70. The molecule has 3 heterocycles. The number of likely N-dealkylation sites (tertiary alicyclic amines) is 1. The first-order valence-corrected chi connectivity index (χ1v) is 10.3. The van der Waals surface area contributed by atoms with Crippen molar-refractivity contribution in [1.82, 2.24) is 9.80 Å². The lowest BCUT2D eigenvalue weighted by molar-refractivity contribution is -0.154. The summed E-state index contributed by atoms with van der Waals surface area (Å²) in [5.41, 5.74) is 0. The summed E-state index contributed by atoms with van der Waals surface area (Å²) >= 11 is 7.99. The lowest BCUT2D eigenvalue weighted by Crippen LogP contribution is -2.55. The second kappa shape index (κ2) is 7.89. The van der Waals surface area contributed by atoms with Crippen molar-refractivity contribution in [2.45, 2.75) is 38.3 Å². The maximum absolute atomic E-state index is 12.9. The molecule has 2 aliphatic heterocycles. The predicted molar refractivity (Wildman–Crippen MR) is 106 cm³/mol. The van der Waals surface area contributed by atoms with E-state index in [9.17, 15) is 19.5 Å². The summed E-state index contributed by atoms with van der Waals surface area (Å²) in [7, 11) is 0. The van der Waals surface area contributed by atoms with Gasteiger partial charge in [0.15, 0.2) is 0 Å². The van der Waals surface area contributed by atoms with Crippen molar-refractivity contribution < 1.29 is 19.5 Å². The van der Waals surface area contributed by atoms with E-state index in [1.807, 2.05) is 17.5 Å². The SMILES string of the molecule is CC(C(=O)N1CCCCC1C(=O)O)N1C(=O)C(=Cc2cccs2)SC1=S. The summed E-state index contributed by atoms with van der Waals surface area (Å²) in [6.45, 7) is 1.99. The summed E-state index contributed by atoms with van der Waals surface area (Å²) in [5.74, 6) is -1.68. The van der Waals surface area contributed by atoms with Gasteiger partial charge in [-0.2, -0.15) is 0 Å². The van der Waals surface area contributed by atoms with Crippen LogP contribution in [0.2, 0.25) is 0 Å². The van der Waals surface area contributed by atoms with Gasteiger partial charge in [0.25, 0.3) is 5.91 Å². The number of rotatable bonds is 4. The zero-order chi connectivity index (χ0) is 18.8. The fraction of sp³-hybridized carbons (Fsp3) is 0.412. The Morgan fingerprint density at radius 3 is 2.85 bits per heavy atom. The van der Waals surface area contributed by atoms with Gasteiger partial charge in [-0.3, -0.25) is 14.5 Å². The molecule has 0 saturated carbocycles. The topological polar surface area (TPSA) is 77.9 Å². The predicted octanol–water partition coefficient (Wildman–Crippen LogP) is 2.80. The highest BCUT2D eigenvalue weighted by molar-refractivity contribution is 8.26. The van der Waals surface area contributed by atoms with Gasteiger partial charge in [-0.15, -0.1) is 11.3 Å². The minimum atomic E-state index is -1.01. The fourth-order valence-corrected chi connectivity index (χ4v) is 5.26. The lowest BCUT2D eigenvalue weighted by Gasteiger charge is -2.36. The molecule has 0 aromatic carbocycles.